The minimum atomic E-state index is -0.175. The quantitative estimate of drug-likeness (QED) is 0.378. The molecular weight excluding hydrogens is 254 g/mol. The minimum Gasteiger partial charge on any atom is -0.351 e. The highest BCUT2D eigenvalue weighted by Crippen LogP contribution is 2.15. The zero-order valence-corrected chi connectivity index (χ0v) is 11.0. The van der Waals surface area contributed by atoms with E-state index in [4.69, 9.17) is 5.53 Å². The summed E-state index contributed by atoms with van der Waals surface area (Å²) in [6.07, 6.45) is 3.17. The normalized spacial score (nSPS) is 10.0. The molecule has 1 N–H and O–H groups in total. The minimum absolute atomic E-state index is 0.175. The van der Waals surface area contributed by atoms with Gasteiger partial charge in [0, 0.05) is 29.6 Å². The first-order valence-corrected chi connectivity index (χ1v) is 6.46. The van der Waals surface area contributed by atoms with Gasteiger partial charge in [-0.15, -0.1) is 0 Å². The number of hydrogen-bond donors (Lipinski definition) is 1. The van der Waals surface area contributed by atoms with Gasteiger partial charge in [0.2, 0.25) is 0 Å². The number of benzene rings is 1. The summed E-state index contributed by atoms with van der Waals surface area (Å²) in [4.78, 5) is 18.9. The lowest BCUT2D eigenvalue weighted by molar-refractivity contribution is 0.0950. The number of rotatable bonds is 6. The molecule has 1 heterocycles. The number of nitrogens with one attached hydrogen (secondary N) is 1. The van der Waals surface area contributed by atoms with E-state index in [0.717, 1.165) is 23.6 Å². The number of nitrogens with zero attached hydrogens (tertiary/aromatic N) is 4. The second-order valence-electron chi connectivity index (χ2n) is 4.30. The van der Waals surface area contributed by atoms with Gasteiger partial charge < -0.3 is 5.32 Å². The summed E-state index contributed by atoms with van der Waals surface area (Å²) in [7, 11) is 0. The van der Waals surface area contributed by atoms with Gasteiger partial charge in [0.25, 0.3) is 5.91 Å². The molecule has 0 spiro atoms. The molecule has 0 bridgehead atoms. The van der Waals surface area contributed by atoms with E-state index in [0.29, 0.717) is 18.8 Å². The molecule has 0 aliphatic rings. The van der Waals surface area contributed by atoms with Crippen molar-refractivity contribution in [3.63, 3.8) is 0 Å². The second kappa shape index (κ2) is 7.11. The Morgan fingerprint density at radius 2 is 2.15 bits per heavy atom. The van der Waals surface area contributed by atoms with Gasteiger partial charge in [0.05, 0.1) is 0 Å². The third kappa shape index (κ3) is 3.46. The van der Waals surface area contributed by atoms with Crippen molar-refractivity contribution in [1.29, 1.82) is 0 Å². The molecule has 0 saturated heterocycles. The first kappa shape index (κ1) is 13.8. The highest BCUT2D eigenvalue weighted by Gasteiger charge is 2.10. The molecule has 6 heteroatoms. The molecule has 0 aliphatic heterocycles. The van der Waals surface area contributed by atoms with Crippen molar-refractivity contribution in [2.24, 2.45) is 5.11 Å². The molecule has 0 unspecified atom stereocenters. The van der Waals surface area contributed by atoms with Crippen molar-refractivity contribution in [2.75, 3.05) is 13.1 Å². The fraction of sp³-hybridized carbons (Fsp3) is 0.286. The van der Waals surface area contributed by atoms with E-state index in [-0.39, 0.29) is 5.91 Å². The second-order valence-corrected chi connectivity index (χ2v) is 4.30. The molecule has 0 aliphatic carbocycles. The van der Waals surface area contributed by atoms with Crippen molar-refractivity contribution in [2.45, 2.75) is 12.8 Å². The Kier molecular flexibility index (Phi) is 4.92. The molecule has 0 saturated carbocycles. The van der Waals surface area contributed by atoms with Crippen molar-refractivity contribution in [3.8, 4) is 0 Å². The summed E-state index contributed by atoms with van der Waals surface area (Å²) >= 11 is 0. The molecule has 0 radical (unpaired) electrons. The Morgan fingerprint density at radius 1 is 1.30 bits per heavy atom. The number of pyridine rings is 1. The van der Waals surface area contributed by atoms with Gasteiger partial charge in [-0.3, -0.25) is 9.78 Å². The van der Waals surface area contributed by atoms with Gasteiger partial charge in [-0.2, -0.15) is 0 Å². The topological polar surface area (TPSA) is 90.8 Å². The van der Waals surface area contributed by atoms with E-state index >= 15 is 0 Å². The Morgan fingerprint density at radius 3 is 3.00 bits per heavy atom. The molecule has 1 aromatic carbocycles. The molecule has 20 heavy (non-hydrogen) atoms. The number of amides is 1. The summed E-state index contributed by atoms with van der Waals surface area (Å²) < 4.78 is 0. The third-order valence-corrected chi connectivity index (χ3v) is 2.92. The molecule has 102 valence electrons. The van der Waals surface area contributed by atoms with Gasteiger partial charge in [-0.05, 0) is 29.8 Å². The van der Waals surface area contributed by atoms with Crippen molar-refractivity contribution < 1.29 is 4.79 Å². The van der Waals surface area contributed by atoms with Crippen LogP contribution in [0.25, 0.3) is 21.2 Å². The van der Waals surface area contributed by atoms with Crippen LogP contribution in [0.1, 0.15) is 23.3 Å². The number of hydrogen-bond acceptors (Lipinski definition) is 3. The number of fused-ring (bicyclic) bond motifs is 1. The van der Waals surface area contributed by atoms with Crippen LogP contribution in [0.3, 0.4) is 0 Å². The van der Waals surface area contributed by atoms with Crippen LogP contribution in [0.4, 0.5) is 0 Å². The van der Waals surface area contributed by atoms with E-state index in [1.54, 1.807) is 6.20 Å². The van der Waals surface area contributed by atoms with E-state index in [1.807, 2.05) is 30.3 Å². The largest absolute Gasteiger partial charge is 0.351 e. The Labute approximate surface area is 116 Å². The van der Waals surface area contributed by atoms with Crippen LogP contribution in [0, 0.1) is 0 Å². The zero-order chi connectivity index (χ0) is 14.2. The average Bonchev–Trinajstić information content (AvgIpc) is 2.50. The molecule has 1 aromatic heterocycles. The summed E-state index contributed by atoms with van der Waals surface area (Å²) in [6.45, 7) is 1.00. The summed E-state index contributed by atoms with van der Waals surface area (Å²) in [5.41, 5.74) is 8.58. The van der Waals surface area contributed by atoms with Crippen LogP contribution in [0.5, 0.6) is 0 Å². The number of carbonyl (C=O) groups excluding carboxylic acids is 1. The van der Waals surface area contributed by atoms with Crippen LogP contribution >= 0.6 is 0 Å². The summed E-state index contributed by atoms with van der Waals surface area (Å²) in [5, 5.41) is 8.12. The highest BCUT2D eigenvalue weighted by molar-refractivity contribution is 6.05. The lowest BCUT2D eigenvalue weighted by Crippen LogP contribution is -2.25. The SMILES string of the molecule is [N-]=[N+]=NCCCCNC(=O)c1nccc2ccccc12. The molecule has 6 nitrogen and oxygen atoms in total. The maximum atomic E-state index is 12.1. The Bertz CT molecular complexity index is 644. The number of azide groups is 1. The zero-order valence-electron chi connectivity index (χ0n) is 11.0. The number of aromatic nitrogens is 1. The van der Waals surface area contributed by atoms with Crippen molar-refractivity contribution in [3.05, 3.63) is 52.7 Å². The van der Waals surface area contributed by atoms with E-state index < -0.39 is 0 Å². The van der Waals surface area contributed by atoms with Crippen LogP contribution in [0.15, 0.2) is 41.6 Å². The molecule has 2 aromatic rings. The molecule has 2 rings (SSSR count). The van der Waals surface area contributed by atoms with Crippen LogP contribution in [-0.4, -0.2) is 24.0 Å². The number of carbonyl (C=O) groups is 1. The fourth-order valence-corrected chi connectivity index (χ4v) is 1.94. The monoisotopic (exact) mass is 269 g/mol. The molecular formula is C14H15N5O. The predicted molar refractivity (Wildman–Crippen MR) is 77.3 cm³/mol. The van der Waals surface area contributed by atoms with Gasteiger partial charge in [0.15, 0.2) is 0 Å². The first-order chi connectivity index (χ1) is 9.83. The van der Waals surface area contributed by atoms with Crippen LogP contribution in [0.2, 0.25) is 0 Å². The van der Waals surface area contributed by atoms with Gasteiger partial charge in [-0.1, -0.05) is 29.4 Å². The van der Waals surface area contributed by atoms with E-state index in [9.17, 15) is 4.79 Å². The molecule has 0 fully saturated rings. The maximum Gasteiger partial charge on any atom is 0.270 e. The maximum absolute atomic E-state index is 12.1. The van der Waals surface area contributed by atoms with Gasteiger partial charge in [0.1, 0.15) is 5.69 Å². The molecule has 1 amide bonds. The third-order valence-electron chi connectivity index (χ3n) is 2.92. The van der Waals surface area contributed by atoms with E-state index in [1.165, 1.54) is 0 Å². The standard InChI is InChI=1S/C14H15N5O/c15-19-18-9-4-3-8-17-14(20)13-12-6-2-1-5-11(12)7-10-16-13/h1-2,5-7,10H,3-4,8-9H2,(H,17,20). The fourth-order valence-electron chi connectivity index (χ4n) is 1.94. The number of unbranched alkanes of at least 4 members (excludes halogenated alkanes) is 1. The van der Waals surface area contributed by atoms with Crippen molar-refractivity contribution >= 4 is 16.7 Å². The average molecular weight is 269 g/mol. The van der Waals surface area contributed by atoms with E-state index in [2.05, 4.69) is 20.3 Å². The Balaban J connectivity index is 1.96. The Hall–Kier alpha value is -2.59. The van der Waals surface area contributed by atoms with Gasteiger partial charge >= 0.3 is 0 Å². The van der Waals surface area contributed by atoms with Crippen molar-refractivity contribution in [1.82, 2.24) is 10.3 Å². The lowest BCUT2D eigenvalue weighted by Gasteiger charge is -2.06. The summed E-state index contributed by atoms with van der Waals surface area (Å²) in [5.74, 6) is -0.175. The lowest BCUT2D eigenvalue weighted by atomic mass is 10.1. The van der Waals surface area contributed by atoms with Gasteiger partial charge in [-0.25, -0.2) is 0 Å². The molecule has 0 atom stereocenters. The first-order valence-electron chi connectivity index (χ1n) is 6.46. The highest BCUT2D eigenvalue weighted by atomic mass is 16.1. The van der Waals surface area contributed by atoms with Crippen LogP contribution in [-0.2, 0) is 0 Å². The summed E-state index contributed by atoms with van der Waals surface area (Å²) in [6, 6.07) is 9.54. The predicted octanol–water partition coefficient (Wildman–Crippen LogP) is 3.06. The van der Waals surface area contributed by atoms with Crippen LogP contribution < -0.4 is 5.32 Å². The smallest absolute Gasteiger partial charge is 0.270 e.